The molecule has 1 unspecified atom stereocenters. The number of nitrogens with two attached hydrogens (primary N) is 1. The summed E-state index contributed by atoms with van der Waals surface area (Å²) in [5.41, 5.74) is 7.88. The van der Waals surface area contributed by atoms with Crippen LogP contribution in [0.4, 0.5) is 0 Å². The number of carbonyl (C=O) groups is 1. The van der Waals surface area contributed by atoms with E-state index < -0.39 is 6.10 Å². The lowest BCUT2D eigenvalue weighted by molar-refractivity contribution is -0.122. The largest absolute Gasteiger partial charge is 0.390 e. The third kappa shape index (κ3) is 2.71. The van der Waals surface area contributed by atoms with E-state index >= 15 is 0 Å². The summed E-state index contributed by atoms with van der Waals surface area (Å²) in [7, 11) is 0. The van der Waals surface area contributed by atoms with E-state index in [1.807, 2.05) is 31.2 Å². The molecule has 0 spiro atoms. The quantitative estimate of drug-likeness (QED) is 0.740. The number of aliphatic hydroxyl groups excluding tert-OH is 1. The number of hydrogen-bond acceptors (Lipinski definition) is 3. The van der Waals surface area contributed by atoms with Gasteiger partial charge in [-0.2, -0.15) is 0 Å². The highest BCUT2D eigenvalue weighted by Crippen LogP contribution is 2.31. The molecule has 1 amide bonds. The van der Waals surface area contributed by atoms with E-state index in [0.29, 0.717) is 12.8 Å². The highest BCUT2D eigenvalue weighted by Gasteiger charge is 2.31. The first-order chi connectivity index (χ1) is 8.61. The molecule has 1 aromatic carbocycles. The van der Waals surface area contributed by atoms with Crippen LogP contribution in [-0.4, -0.2) is 23.2 Å². The number of amides is 1. The van der Waals surface area contributed by atoms with Crippen molar-refractivity contribution in [1.29, 1.82) is 0 Å². The zero-order valence-corrected chi connectivity index (χ0v) is 10.6. The molecule has 0 fully saturated rings. The fraction of sp³-hybridized carbons (Fsp3) is 0.500. The number of nitrogens with one attached hydrogen (secondary N) is 1. The lowest BCUT2D eigenvalue weighted by atomic mass is 10.1. The van der Waals surface area contributed by atoms with E-state index in [-0.39, 0.29) is 18.0 Å². The Hall–Kier alpha value is -1.39. The van der Waals surface area contributed by atoms with Crippen LogP contribution in [0.25, 0.3) is 0 Å². The summed E-state index contributed by atoms with van der Waals surface area (Å²) < 4.78 is 0. The van der Waals surface area contributed by atoms with Gasteiger partial charge in [0.05, 0.1) is 12.1 Å². The Balaban J connectivity index is 2.03. The molecule has 1 aliphatic carbocycles. The first kappa shape index (κ1) is 13.1. The van der Waals surface area contributed by atoms with E-state index in [0.717, 1.165) is 17.5 Å². The van der Waals surface area contributed by atoms with Gasteiger partial charge in [-0.25, -0.2) is 0 Å². The van der Waals surface area contributed by atoms with Gasteiger partial charge in [-0.1, -0.05) is 31.2 Å². The highest BCUT2D eigenvalue weighted by molar-refractivity contribution is 5.77. The summed E-state index contributed by atoms with van der Waals surface area (Å²) in [5, 5.41) is 12.9. The number of benzene rings is 1. The van der Waals surface area contributed by atoms with Gasteiger partial charge in [0, 0.05) is 18.9 Å². The zero-order valence-electron chi connectivity index (χ0n) is 10.6. The minimum absolute atomic E-state index is 0.0925. The van der Waals surface area contributed by atoms with Gasteiger partial charge in [-0.05, 0) is 17.5 Å². The van der Waals surface area contributed by atoms with E-state index in [1.54, 1.807) is 0 Å². The maximum absolute atomic E-state index is 11.8. The van der Waals surface area contributed by atoms with E-state index in [9.17, 15) is 9.90 Å². The van der Waals surface area contributed by atoms with Gasteiger partial charge in [0.15, 0.2) is 0 Å². The van der Waals surface area contributed by atoms with E-state index in [2.05, 4.69) is 5.32 Å². The summed E-state index contributed by atoms with van der Waals surface area (Å²) in [6, 6.07) is 7.41. The van der Waals surface area contributed by atoms with Crippen LogP contribution in [0.3, 0.4) is 0 Å². The third-order valence-corrected chi connectivity index (χ3v) is 3.49. The molecule has 1 aromatic rings. The molecule has 0 saturated carbocycles. The second-order valence-electron chi connectivity index (χ2n) is 4.89. The summed E-state index contributed by atoms with van der Waals surface area (Å²) >= 11 is 0. The second-order valence-corrected chi connectivity index (χ2v) is 4.89. The molecule has 4 heteroatoms. The standard InChI is InChI=1S/C14H20N2O2/c1-2-10(15)8-13(18)16-14-11-6-4-3-5-9(11)7-12(14)17/h3-6,10,12,14,17H,2,7-8,15H2,1H3,(H,16,18)/t10?,12-,14+/m1/s1. The molecule has 4 N–H and O–H groups in total. The summed E-state index contributed by atoms with van der Waals surface area (Å²) in [4.78, 5) is 11.8. The number of carbonyl (C=O) groups excluding carboxylic acids is 1. The van der Waals surface area contributed by atoms with Crippen LogP contribution in [0.15, 0.2) is 24.3 Å². The third-order valence-electron chi connectivity index (χ3n) is 3.49. The molecule has 0 aliphatic heterocycles. The lowest BCUT2D eigenvalue weighted by Crippen LogP contribution is -2.37. The molecule has 2 rings (SSSR count). The maximum Gasteiger partial charge on any atom is 0.222 e. The van der Waals surface area contributed by atoms with Crippen LogP contribution in [0.1, 0.15) is 36.9 Å². The van der Waals surface area contributed by atoms with Crippen LogP contribution in [0, 0.1) is 0 Å². The average molecular weight is 248 g/mol. The van der Waals surface area contributed by atoms with Gasteiger partial charge in [0.2, 0.25) is 5.91 Å². The van der Waals surface area contributed by atoms with Crippen molar-refractivity contribution in [3.05, 3.63) is 35.4 Å². The van der Waals surface area contributed by atoms with Crippen molar-refractivity contribution in [2.24, 2.45) is 5.73 Å². The maximum atomic E-state index is 11.8. The predicted octanol–water partition coefficient (Wildman–Crippen LogP) is 0.888. The van der Waals surface area contributed by atoms with Gasteiger partial charge in [-0.3, -0.25) is 4.79 Å². The molecule has 18 heavy (non-hydrogen) atoms. The Kier molecular flexibility index (Phi) is 3.99. The van der Waals surface area contributed by atoms with Crippen molar-refractivity contribution in [2.75, 3.05) is 0 Å². The minimum Gasteiger partial charge on any atom is -0.390 e. The van der Waals surface area contributed by atoms with Crippen LogP contribution >= 0.6 is 0 Å². The number of rotatable bonds is 4. The highest BCUT2D eigenvalue weighted by atomic mass is 16.3. The average Bonchev–Trinajstić information content (AvgIpc) is 2.66. The van der Waals surface area contributed by atoms with Gasteiger partial charge >= 0.3 is 0 Å². The number of hydrogen-bond donors (Lipinski definition) is 3. The van der Waals surface area contributed by atoms with Crippen LogP contribution in [0.2, 0.25) is 0 Å². The predicted molar refractivity (Wildman–Crippen MR) is 69.9 cm³/mol. The topological polar surface area (TPSA) is 75.4 Å². The summed E-state index contributed by atoms with van der Waals surface area (Å²) in [6.45, 7) is 1.96. The van der Waals surface area contributed by atoms with Crippen molar-refractivity contribution >= 4 is 5.91 Å². The van der Waals surface area contributed by atoms with Crippen molar-refractivity contribution in [3.8, 4) is 0 Å². The molecule has 1 aliphatic rings. The smallest absolute Gasteiger partial charge is 0.222 e. The Morgan fingerprint density at radius 2 is 2.28 bits per heavy atom. The van der Waals surface area contributed by atoms with Crippen molar-refractivity contribution in [2.45, 2.75) is 44.4 Å². The monoisotopic (exact) mass is 248 g/mol. The molecule has 0 aromatic heterocycles. The summed E-state index contributed by atoms with van der Waals surface area (Å²) in [5.74, 6) is -0.0925. The molecule has 4 nitrogen and oxygen atoms in total. The molecular weight excluding hydrogens is 228 g/mol. The molecule has 3 atom stereocenters. The van der Waals surface area contributed by atoms with Gasteiger partial charge < -0.3 is 16.2 Å². The fourth-order valence-electron chi connectivity index (χ4n) is 2.36. The van der Waals surface area contributed by atoms with Crippen molar-refractivity contribution in [3.63, 3.8) is 0 Å². The Morgan fingerprint density at radius 1 is 1.56 bits per heavy atom. The molecule has 0 saturated heterocycles. The van der Waals surface area contributed by atoms with Gasteiger partial charge in [0.1, 0.15) is 0 Å². The van der Waals surface area contributed by atoms with Crippen molar-refractivity contribution in [1.82, 2.24) is 5.32 Å². The number of aliphatic hydroxyl groups is 1. The Morgan fingerprint density at radius 3 is 3.00 bits per heavy atom. The van der Waals surface area contributed by atoms with Crippen molar-refractivity contribution < 1.29 is 9.90 Å². The molecular formula is C14H20N2O2. The summed E-state index contributed by atoms with van der Waals surface area (Å²) in [6.07, 6.45) is 1.14. The molecule has 0 heterocycles. The van der Waals surface area contributed by atoms with E-state index in [4.69, 9.17) is 5.73 Å². The first-order valence-corrected chi connectivity index (χ1v) is 6.42. The Bertz CT molecular complexity index is 434. The van der Waals surface area contributed by atoms with Gasteiger partial charge in [0.25, 0.3) is 0 Å². The van der Waals surface area contributed by atoms with E-state index in [1.165, 1.54) is 0 Å². The lowest BCUT2D eigenvalue weighted by Gasteiger charge is -2.19. The molecule has 98 valence electrons. The SMILES string of the molecule is CCC(N)CC(=O)N[C@H]1c2ccccc2C[C@H]1O. The zero-order chi connectivity index (χ0) is 13.1. The minimum atomic E-state index is -0.538. The second kappa shape index (κ2) is 5.50. The molecule has 0 radical (unpaired) electrons. The number of fused-ring (bicyclic) bond motifs is 1. The Labute approximate surface area is 107 Å². The van der Waals surface area contributed by atoms with Crippen LogP contribution < -0.4 is 11.1 Å². The normalized spacial score (nSPS) is 23.5. The molecule has 0 bridgehead atoms. The first-order valence-electron chi connectivity index (χ1n) is 6.42. The fourth-order valence-corrected chi connectivity index (χ4v) is 2.36. The van der Waals surface area contributed by atoms with Gasteiger partial charge in [-0.15, -0.1) is 0 Å². The van der Waals surface area contributed by atoms with Crippen LogP contribution in [0.5, 0.6) is 0 Å². The van der Waals surface area contributed by atoms with Crippen LogP contribution in [-0.2, 0) is 11.2 Å².